The average molecular weight is 255 g/mol. The summed E-state index contributed by atoms with van der Waals surface area (Å²) in [6, 6.07) is 7.35. The first-order valence-corrected chi connectivity index (χ1v) is 6.64. The van der Waals surface area contributed by atoms with Gasteiger partial charge in [0.15, 0.2) is 5.78 Å². The number of unbranched alkanes of at least 4 members (excludes halogenated alkanes) is 2. The lowest BCUT2D eigenvalue weighted by Crippen LogP contribution is -2.14. The highest BCUT2D eigenvalue weighted by Crippen LogP contribution is 2.23. The van der Waals surface area contributed by atoms with E-state index >= 15 is 0 Å². The van der Waals surface area contributed by atoms with Crippen LogP contribution in [-0.2, 0) is 0 Å². The highest BCUT2D eigenvalue weighted by Gasteiger charge is 2.16. The summed E-state index contributed by atoms with van der Waals surface area (Å²) in [5.41, 5.74) is 0.721. The van der Waals surface area contributed by atoms with Crippen LogP contribution >= 0.6 is 11.6 Å². The molecule has 0 bridgehead atoms. The van der Waals surface area contributed by atoms with E-state index in [-0.39, 0.29) is 5.78 Å². The molecule has 0 atom stereocenters. The van der Waals surface area contributed by atoms with Crippen molar-refractivity contribution in [1.29, 1.82) is 0 Å². The molecule has 0 aliphatic carbocycles. The third-order valence-corrected chi connectivity index (χ3v) is 2.78. The molecule has 0 saturated carbocycles. The van der Waals surface area contributed by atoms with Crippen LogP contribution in [0.3, 0.4) is 0 Å². The highest BCUT2D eigenvalue weighted by atomic mass is 35.5. The Balaban J connectivity index is 0.000000209. The molecule has 0 fully saturated rings. The Kier molecular flexibility index (Phi) is 6.71. The number of para-hydroxylation sites is 1. The Bertz CT molecular complexity index is 346. The molecule has 1 aromatic carbocycles. The predicted molar refractivity (Wildman–Crippen MR) is 71.1 cm³/mol. The largest absolute Gasteiger partial charge is 0.492 e. The van der Waals surface area contributed by atoms with Crippen molar-refractivity contribution in [2.24, 2.45) is 0 Å². The topological polar surface area (TPSA) is 26.3 Å². The Morgan fingerprint density at radius 1 is 1.29 bits per heavy atom. The normalized spacial score (nSPS) is 13.2. The summed E-state index contributed by atoms with van der Waals surface area (Å²) in [6.45, 7) is 2.70. The van der Waals surface area contributed by atoms with Gasteiger partial charge in [-0.05, 0) is 18.6 Å². The third kappa shape index (κ3) is 4.78. The molecule has 0 unspecified atom stereocenters. The van der Waals surface area contributed by atoms with E-state index in [2.05, 4.69) is 6.92 Å². The summed E-state index contributed by atoms with van der Waals surface area (Å²) < 4.78 is 5.27. The fraction of sp³-hybridized carbons (Fsp3) is 0.500. The lowest BCUT2D eigenvalue weighted by molar-refractivity contribution is 0.0933. The molecule has 2 rings (SSSR count). The van der Waals surface area contributed by atoms with Crippen molar-refractivity contribution in [3.05, 3.63) is 29.8 Å². The van der Waals surface area contributed by atoms with Gasteiger partial charge in [-0.1, -0.05) is 31.9 Å². The van der Waals surface area contributed by atoms with E-state index < -0.39 is 0 Å². The molecule has 0 N–H and O–H groups in total. The number of benzene rings is 1. The molecule has 2 nitrogen and oxygen atoms in total. The summed E-state index contributed by atoms with van der Waals surface area (Å²) in [5, 5.41) is 0. The highest BCUT2D eigenvalue weighted by molar-refractivity contribution is 6.17. The molecule has 1 aromatic rings. The van der Waals surface area contributed by atoms with Crippen LogP contribution in [-0.4, -0.2) is 18.3 Å². The average Bonchev–Trinajstić information content (AvgIpc) is 2.38. The van der Waals surface area contributed by atoms with E-state index in [1.54, 1.807) is 6.07 Å². The summed E-state index contributed by atoms with van der Waals surface area (Å²) in [6.07, 6.45) is 4.24. The van der Waals surface area contributed by atoms with Crippen LogP contribution in [0.5, 0.6) is 5.75 Å². The van der Waals surface area contributed by atoms with E-state index in [9.17, 15) is 4.79 Å². The minimum absolute atomic E-state index is 0.187. The molecule has 1 aliphatic rings. The standard InChI is InChI=1S/C9H8O2.C5H11Cl/c10-8-5-6-11-9-4-2-1-3-7(8)9;1-2-3-4-5-6/h1-4H,5-6H2;2-5H2,1H3. The van der Waals surface area contributed by atoms with Gasteiger partial charge < -0.3 is 4.74 Å². The molecule has 1 aliphatic heterocycles. The molecule has 0 radical (unpaired) electrons. The Labute approximate surface area is 108 Å². The van der Waals surface area contributed by atoms with Gasteiger partial charge in [0, 0.05) is 12.3 Å². The van der Waals surface area contributed by atoms with Gasteiger partial charge in [-0.2, -0.15) is 0 Å². The fourth-order valence-electron chi connectivity index (χ4n) is 1.56. The molecule has 17 heavy (non-hydrogen) atoms. The van der Waals surface area contributed by atoms with Crippen LogP contribution in [0.15, 0.2) is 24.3 Å². The number of ether oxygens (including phenoxy) is 1. The maximum absolute atomic E-state index is 11.2. The maximum atomic E-state index is 11.2. The monoisotopic (exact) mass is 254 g/mol. The smallest absolute Gasteiger partial charge is 0.169 e. The summed E-state index contributed by atoms with van der Waals surface area (Å²) >= 11 is 5.38. The Morgan fingerprint density at radius 3 is 2.65 bits per heavy atom. The molecule has 0 aromatic heterocycles. The molecule has 3 heteroatoms. The van der Waals surface area contributed by atoms with Crippen LogP contribution < -0.4 is 4.74 Å². The Hall–Kier alpha value is -1.02. The van der Waals surface area contributed by atoms with Gasteiger partial charge >= 0.3 is 0 Å². The van der Waals surface area contributed by atoms with Crippen molar-refractivity contribution in [3.63, 3.8) is 0 Å². The number of alkyl halides is 1. The SMILES string of the molecule is CCCCCCl.O=C1CCOc2ccccc21. The second-order valence-electron chi connectivity index (χ2n) is 3.91. The maximum Gasteiger partial charge on any atom is 0.169 e. The van der Waals surface area contributed by atoms with E-state index in [4.69, 9.17) is 16.3 Å². The zero-order chi connectivity index (χ0) is 12.5. The van der Waals surface area contributed by atoms with Gasteiger partial charge in [-0.15, -0.1) is 11.6 Å². The summed E-state index contributed by atoms with van der Waals surface area (Å²) in [5.74, 6) is 1.74. The number of hydrogen-bond donors (Lipinski definition) is 0. The lowest BCUT2D eigenvalue weighted by Gasteiger charge is -2.14. The van der Waals surface area contributed by atoms with Gasteiger partial charge in [0.2, 0.25) is 0 Å². The molecule has 0 saturated heterocycles. The van der Waals surface area contributed by atoms with Gasteiger partial charge in [-0.3, -0.25) is 4.79 Å². The van der Waals surface area contributed by atoms with Crippen molar-refractivity contribution in [1.82, 2.24) is 0 Å². The number of Topliss-reactive ketones (excluding diaryl/α,β-unsaturated/α-hetero) is 1. The van der Waals surface area contributed by atoms with Crippen LogP contribution in [0, 0.1) is 0 Å². The number of halogens is 1. The zero-order valence-electron chi connectivity index (χ0n) is 10.2. The molecule has 1 heterocycles. The minimum atomic E-state index is 0.187. The first kappa shape index (κ1) is 14.0. The van der Waals surface area contributed by atoms with Gasteiger partial charge in [0.1, 0.15) is 5.75 Å². The van der Waals surface area contributed by atoms with Gasteiger partial charge in [0.05, 0.1) is 12.2 Å². The van der Waals surface area contributed by atoms with E-state index in [0.717, 1.165) is 17.2 Å². The number of rotatable bonds is 3. The molecule has 0 amide bonds. The van der Waals surface area contributed by atoms with Crippen LogP contribution in [0.1, 0.15) is 43.0 Å². The van der Waals surface area contributed by atoms with Crippen molar-refractivity contribution < 1.29 is 9.53 Å². The quantitative estimate of drug-likeness (QED) is 0.600. The second-order valence-corrected chi connectivity index (χ2v) is 4.29. The van der Waals surface area contributed by atoms with Gasteiger partial charge in [-0.25, -0.2) is 0 Å². The number of carbonyl (C=O) groups excluding carboxylic acids is 1. The van der Waals surface area contributed by atoms with Crippen molar-refractivity contribution >= 4 is 17.4 Å². The van der Waals surface area contributed by atoms with Crippen LogP contribution in [0.2, 0.25) is 0 Å². The number of ketones is 1. The number of carbonyl (C=O) groups is 1. The molecule has 94 valence electrons. The summed E-state index contributed by atoms with van der Waals surface area (Å²) in [7, 11) is 0. The minimum Gasteiger partial charge on any atom is -0.492 e. The number of hydrogen-bond acceptors (Lipinski definition) is 2. The van der Waals surface area contributed by atoms with Crippen molar-refractivity contribution in [3.8, 4) is 5.75 Å². The van der Waals surface area contributed by atoms with Gasteiger partial charge in [0.25, 0.3) is 0 Å². The second kappa shape index (κ2) is 8.13. The van der Waals surface area contributed by atoms with Crippen LogP contribution in [0.25, 0.3) is 0 Å². The van der Waals surface area contributed by atoms with E-state index in [0.29, 0.717) is 13.0 Å². The number of fused-ring (bicyclic) bond motifs is 1. The van der Waals surface area contributed by atoms with Crippen LogP contribution in [0.4, 0.5) is 0 Å². The molecular formula is C14H19ClO2. The third-order valence-electron chi connectivity index (χ3n) is 2.51. The van der Waals surface area contributed by atoms with E-state index in [1.165, 1.54) is 19.3 Å². The molecular weight excluding hydrogens is 236 g/mol. The van der Waals surface area contributed by atoms with Crippen molar-refractivity contribution in [2.45, 2.75) is 32.6 Å². The first-order valence-electron chi connectivity index (χ1n) is 6.10. The first-order chi connectivity index (χ1) is 8.29. The molecule has 0 spiro atoms. The summed E-state index contributed by atoms with van der Waals surface area (Å²) in [4.78, 5) is 11.2. The fourth-order valence-corrected chi connectivity index (χ4v) is 1.74. The predicted octanol–water partition coefficient (Wildman–Crippen LogP) is 4.07. The Morgan fingerprint density at radius 2 is 2.06 bits per heavy atom. The zero-order valence-corrected chi connectivity index (χ0v) is 11.0. The van der Waals surface area contributed by atoms with Crippen molar-refractivity contribution in [2.75, 3.05) is 12.5 Å². The van der Waals surface area contributed by atoms with E-state index in [1.807, 2.05) is 18.2 Å². The lowest BCUT2D eigenvalue weighted by atomic mass is 10.1.